The quantitative estimate of drug-likeness (QED) is 0.434. The maximum absolute atomic E-state index is 5.28. The molecule has 0 saturated carbocycles. The van der Waals surface area contributed by atoms with Crippen LogP contribution in [0.3, 0.4) is 0 Å². The van der Waals surface area contributed by atoms with Crippen LogP contribution >= 0.6 is 0 Å². The zero-order chi connectivity index (χ0) is 7.98. The second-order valence-electron chi connectivity index (χ2n) is 2.34. The highest BCUT2D eigenvalue weighted by molar-refractivity contribution is 4.87. The first-order valence-electron chi connectivity index (χ1n) is 3.49. The van der Waals surface area contributed by atoms with Crippen molar-refractivity contribution in [1.29, 1.82) is 0 Å². The van der Waals surface area contributed by atoms with Crippen LogP contribution in [0.2, 0.25) is 0 Å². The van der Waals surface area contributed by atoms with Crippen molar-refractivity contribution in [2.45, 2.75) is 26.6 Å². The van der Waals surface area contributed by atoms with E-state index < -0.39 is 0 Å². The van der Waals surface area contributed by atoms with Crippen molar-refractivity contribution in [1.82, 2.24) is 0 Å². The standard InChI is InChI=1S/C8H16O2/c1-5-8(9-4)10-6-7(2)3/h8H,2,5-6H2,1,3-4H3. The molecule has 60 valence electrons. The van der Waals surface area contributed by atoms with E-state index in [0.29, 0.717) is 6.61 Å². The van der Waals surface area contributed by atoms with E-state index in [1.54, 1.807) is 7.11 Å². The van der Waals surface area contributed by atoms with Crippen LogP contribution in [0.25, 0.3) is 0 Å². The van der Waals surface area contributed by atoms with Crippen molar-refractivity contribution in [3.63, 3.8) is 0 Å². The molecule has 0 heterocycles. The lowest BCUT2D eigenvalue weighted by Gasteiger charge is -2.13. The van der Waals surface area contributed by atoms with Gasteiger partial charge >= 0.3 is 0 Å². The maximum atomic E-state index is 5.28. The highest BCUT2D eigenvalue weighted by Gasteiger charge is 2.01. The summed E-state index contributed by atoms with van der Waals surface area (Å²) in [6.07, 6.45) is 0.806. The van der Waals surface area contributed by atoms with Gasteiger partial charge in [-0.25, -0.2) is 0 Å². The molecule has 0 amide bonds. The van der Waals surface area contributed by atoms with Gasteiger partial charge in [-0.1, -0.05) is 19.1 Å². The fraction of sp³-hybridized carbons (Fsp3) is 0.750. The normalized spacial score (nSPS) is 13.1. The Morgan fingerprint density at radius 2 is 2.20 bits per heavy atom. The summed E-state index contributed by atoms with van der Waals surface area (Å²) in [7, 11) is 1.65. The third kappa shape index (κ3) is 4.53. The molecule has 0 spiro atoms. The van der Waals surface area contributed by atoms with Crippen LogP contribution in [-0.2, 0) is 9.47 Å². The summed E-state index contributed by atoms with van der Waals surface area (Å²) in [5.41, 5.74) is 1.02. The Balaban J connectivity index is 3.34. The second-order valence-corrected chi connectivity index (χ2v) is 2.34. The van der Waals surface area contributed by atoms with Gasteiger partial charge in [0, 0.05) is 7.11 Å². The maximum Gasteiger partial charge on any atom is 0.157 e. The van der Waals surface area contributed by atoms with Gasteiger partial charge in [0.1, 0.15) is 0 Å². The van der Waals surface area contributed by atoms with Gasteiger partial charge in [-0.2, -0.15) is 0 Å². The third-order valence-corrected chi connectivity index (χ3v) is 1.11. The average molecular weight is 144 g/mol. The molecule has 10 heavy (non-hydrogen) atoms. The molecule has 0 radical (unpaired) electrons. The van der Waals surface area contributed by atoms with E-state index in [9.17, 15) is 0 Å². The minimum absolute atomic E-state index is 0.0725. The molecule has 0 fully saturated rings. The molecule has 0 bridgehead atoms. The smallest absolute Gasteiger partial charge is 0.157 e. The van der Waals surface area contributed by atoms with Crippen LogP contribution in [0.1, 0.15) is 20.3 Å². The summed E-state index contributed by atoms with van der Waals surface area (Å²) in [4.78, 5) is 0. The lowest BCUT2D eigenvalue weighted by atomic mass is 10.4. The molecule has 0 aromatic carbocycles. The first-order valence-corrected chi connectivity index (χ1v) is 3.49. The Bertz CT molecular complexity index is 95.4. The minimum atomic E-state index is -0.0725. The van der Waals surface area contributed by atoms with Crippen LogP contribution in [0.4, 0.5) is 0 Å². The summed E-state index contributed by atoms with van der Waals surface area (Å²) in [5, 5.41) is 0. The highest BCUT2D eigenvalue weighted by Crippen LogP contribution is 2.00. The monoisotopic (exact) mass is 144 g/mol. The lowest BCUT2D eigenvalue weighted by molar-refractivity contribution is -0.117. The largest absolute Gasteiger partial charge is 0.356 e. The minimum Gasteiger partial charge on any atom is -0.356 e. The van der Waals surface area contributed by atoms with Crippen LogP contribution in [0.15, 0.2) is 12.2 Å². The van der Waals surface area contributed by atoms with Crippen LogP contribution in [0, 0.1) is 0 Å². The van der Waals surface area contributed by atoms with Gasteiger partial charge in [0.15, 0.2) is 6.29 Å². The van der Waals surface area contributed by atoms with E-state index >= 15 is 0 Å². The predicted molar refractivity (Wildman–Crippen MR) is 41.9 cm³/mol. The Kier molecular flexibility index (Phi) is 5.26. The van der Waals surface area contributed by atoms with Crippen molar-refractivity contribution in [2.24, 2.45) is 0 Å². The molecular formula is C8H16O2. The Morgan fingerprint density at radius 3 is 2.50 bits per heavy atom. The van der Waals surface area contributed by atoms with Gasteiger partial charge < -0.3 is 9.47 Å². The molecule has 0 aliphatic heterocycles. The zero-order valence-corrected chi connectivity index (χ0v) is 7.02. The van der Waals surface area contributed by atoms with Crippen LogP contribution in [0.5, 0.6) is 0 Å². The molecule has 0 rings (SSSR count). The van der Waals surface area contributed by atoms with Gasteiger partial charge in [0.05, 0.1) is 6.61 Å². The predicted octanol–water partition coefficient (Wildman–Crippen LogP) is 1.96. The molecule has 2 nitrogen and oxygen atoms in total. The molecule has 0 N–H and O–H groups in total. The van der Waals surface area contributed by atoms with E-state index in [2.05, 4.69) is 6.58 Å². The number of ether oxygens (including phenoxy) is 2. The van der Waals surface area contributed by atoms with Crippen LogP contribution < -0.4 is 0 Å². The number of hydrogen-bond acceptors (Lipinski definition) is 2. The van der Waals surface area contributed by atoms with Crippen LogP contribution in [-0.4, -0.2) is 20.0 Å². The summed E-state index contributed by atoms with van der Waals surface area (Å²) >= 11 is 0. The zero-order valence-electron chi connectivity index (χ0n) is 7.02. The van der Waals surface area contributed by atoms with Gasteiger partial charge in [-0.05, 0) is 13.3 Å². The fourth-order valence-electron chi connectivity index (χ4n) is 0.588. The molecule has 0 aliphatic carbocycles. The SMILES string of the molecule is C=C(C)COC(CC)OC. The number of rotatable bonds is 5. The van der Waals surface area contributed by atoms with Crippen molar-refractivity contribution in [3.05, 3.63) is 12.2 Å². The first kappa shape index (κ1) is 9.66. The number of methoxy groups -OCH3 is 1. The molecular weight excluding hydrogens is 128 g/mol. The summed E-state index contributed by atoms with van der Waals surface area (Å²) in [5.74, 6) is 0. The van der Waals surface area contributed by atoms with Gasteiger partial charge in [0.25, 0.3) is 0 Å². The third-order valence-electron chi connectivity index (χ3n) is 1.11. The highest BCUT2D eigenvalue weighted by atomic mass is 16.7. The van der Waals surface area contributed by atoms with Crippen molar-refractivity contribution in [2.75, 3.05) is 13.7 Å². The molecule has 1 unspecified atom stereocenters. The van der Waals surface area contributed by atoms with E-state index in [1.807, 2.05) is 13.8 Å². The first-order chi connectivity index (χ1) is 4.70. The Morgan fingerprint density at radius 1 is 1.60 bits per heavy atom. The van der Waals surface area contributed by atoms with E-state index in [4.69, 9.17) is 9.47 Å². The Labute approximate surface area is 62.8 Å². The lowest BCUT2D eigenvalue weighted by Crippen LogP contribution is -2.14. The molecule has 0 aliphatic rings. The second kappa shape index (κ2) is 5.45. The topological polar surface area (TPSA) is 18.5 Å². The molecule has 0 aromatic rings. The summed E-state index contributed by atoms with van der Waals surface area (Å²) < 4.78 is 10.3. The molecule has 1 atom stereocenters. The Hall–Kier alpha value is -0.340. The van der Waals surface area contributed by atoms with E-state index in [1.165, 1.54) is 0 Å². The molecule has 0 saturated heterocycles. The van der Waals surface area contributed by atoms with Crippen molar-refractivity contribution >= 4 is 0 Å². The van der Waals surface area contributed by atoms with Gasteiger partial charge in [-0.15, -0.1) is 0 Å². The van der Waals surface area contributed by atoms with E-state index in [-0.39, 0.29) is 6.29 Å². The van der Waals surface area contributed by atoms with E-state index in [0.717, 1.165) is 12.0 Å². The summed E-state index contributed by atoms with van der Waals surface area (Å²) in [6, 6.07) is 0. The summed E-state index contributed by atoms with van der Waals surface area (Å²) in [6.45, 7) is 8.26. The van der Waals surface area contributed by atoms with Gasteiger partial charge in [0.2, 0.25) is 0 Å². The fourth-order valence-corrected chi connectivity index (χ4v) is 0.588. The van der Waals surface area contributed by atoms with Crippen molar-refractivity contribution in [3.8, 4) is 0 Å². The number of hydrogen-bond donors (Lipinski definition) is 0. The average Bonchev–Trinajstić information content (AvgIpc) is 1.90. The molecule has 2 heteroatoms. The van der Waals surface area contributed by atoms with Gasteiger partial charge in [-0.3, -0.25) is 0 Å². The molecule has 0 aromatic heterocycles. The van der Waals surface area contributed by atoms with Crippen molar-refractivity contribution < 1.29 is 9.47 Å².